The lowest BCUT2D eigenvalue weighted by molar-refractivity contribution is 0.537. The van der Waals surface area contributed by atoms with Crippen molar-refractivity contribution in [3.63, 3.8) is 0 Å². The molecule has 1 aliphatic heterocycles. The number of aliphatic imine (C=N–C) groups is 1. The number of amidine groups is 1. The first-order valence-electron chi connectivity index (χ1n) is 5.80. The minimum Gasteiger partial charge on any atom is -0.335 e. The standard InChI is InChI=1S/C13H17BrN2S/c1-8-7-17-13(15-10(8)3)16-12-6-4-5-11(14)9(12)2/h4-6,8,10H,7H2,1-3H3,(H,15,16). The Balaban J connectivity index is 2.16. The van der Waals surface area contributed by atoms with Gasteiger partial charge in [0.1, 0.15) is 0 Å². The van der Waals surface area contributed by atoms with E-state index in [4.69, 9.17) is 0 Å². The Morgan fingerprint density at radius 2 is 2.18 bits per heavy atom. The van der Waals surface area contributed by atoms with Crippen LogP contribution < -0.4 is 5.32 Å². The molecule has 0 aliphatic carbocycles. The Labute approximate surface area is 115 Å². The zero-order valence-electron chi connectivity index (χ0n) is 10.3. The predicted molar refractivity (Wildman–Crippen MR) is 81.0 cm³/mol. The van der Waals surface area contributed by atoms with Gasteiger partial charge in [0, 0.05) is 15.9 Å². The van der Waals surface area contributed by atoms with Crippen molar-refractivity contribution in [2.45, 2.75) is 26.8 Å². The zero-order valence-corrected chi connectivity index (χ0v) is 12.7. The predicted octanol–water partition coefficient (Wildman–Crippen LogP) is 4.30. The first-order valence-corrected chi connectivity index (χ1v) is 7.58. The smallest absolute Gasteiger partial charge is 0.161 e. The summed E-state index contributed by atoms with van der Waals surface area (Å²) in [6.07, 6.45) is 0. The van der Waals surface area contributed by atoms with Crippen LogP contribution in [0.3, 0.4) is 0 Å². The van der Waals surface area contributed by atoms with E-state index >= 15 is 0 Å². The normalized spacial score (nSPS) is 24.4. The van der Waals surface area contributed by atoms with E-state index < -0.39 is 0 Å². The number of hydrogen-bond acceptors (Lipinski definition) is 3. The second-order valence-corrected chi connectivity index (χ2v) is 6.36. The SMILES string of the molecule is Cc1c(Br)cccc1NC1=NC(C)C(C)CS1. The number of anilines is 1. The van der Waals surface area contributed by atoms with Crippen molar-refractivity contribution in [1.29, 1.82) is 0 Å². The number of halogens is 1. The Hall–Kier alpha value is -0.480. The Bertz CT molecular complexity index is 445. The van der Waals surface area contributed by atoms with Crippen molar-refractivity contribution in [2.75, 3.05) is 11.1 Å². The highest BCUT2D eigenvalue weighted by molar-refractivity contribution is 9.10. The van der Waals surface area contributed by atoms with Gasteiger partial charge in [-0.1, -0.05) is 40.7 Å². The summed E-state index contributed by atoms with van der Waals surface area (Å²) in [6.45, 7) is 6.54. The van der Waals surface area contributed by atoms with Gasteiger partial charge < -0.3 is 5.32 Å². The molecule has 0 amide bonds. The van der Waals surface area contributed by atoms with Crippen LogP contribution in [0.4, 0.5) is 5.69 Å². The van der Waals surface area contributed by atoms with Crippen LogP contribution in [0.1, 0.15) is 19.4 Å². The highest BCUT2D eigenvalue weighted by Gasteiger charge is 2.19. The average Bonchev–Trinajstić information content (AvgIpc) is 2.30. The average molecular weight is 313 g/mol. The Morgan fingerprint density at radius 3 is 2.88 bits per heavy atom. The molecular weight excluding hydrogens is 296 g/mol. The minimum absolute atomic E-state index is 0.409. The fraction of sp³-hybridized carbons (Fsp3) is 0.462. The van der Waals surface area contributed by atoms with Crippen LogP contribution in [0.25, 0.3) is 0 Å². The monoisotopic (exact) mass is 312 g/mol. The third-order valence-corrected chi connectivity index (χ3v) is 5.17. The highest BCUT2D eigenvalue weighted by atomic mass is 79.9. The molecule has 92 valence electrons. The molecule has 0 saturated carbocycles. The second kappa shape index (κ2) is 5.44. The fourth-order valence-corrected chi connectivity index (χ4v) is 3.11. The summed E-state index contributed by atoms with van der Waals surface area (Å²) in [6, 6.07) is 6.60. The van der Waals surface area contributed by atoms with Crippen LogP contribution >= 0.6 is 27.7 Å². The number of hydrogen-bond donors (Lipinski definition) is 1. The van der Waals surface area contributed by atoms with E-state index in [-0.39, 0.29) is 0 Å². The van der Waals surface area contributed by atoms with Gasteiger partial charge in [0.05, 0.1) is 6.04 Å². The van der Waals surface area contributed by atoms with Crippen molar-refractivity contribution in [2.24, 2.45) is 10.9 Å². The molecule has 1 heterocycles. The maximum atomic E-state index is 4.68. The lowest BCUT2D eigenvalue weighted by atomic mass is 10.1. The van der Waals surface area contributed by atoms with Crippen molar-refractivity contribution in [3.05, 3.63) is 28.2 Å². The number of nitrogens with one attached hydrogen (secondary N) is 1. The van der Waals surface area contributed by atoms with Crippen LogP contribution in [-0.2, 0) is 0 Å². The molecule has 0 aromatic heterocycles. The van der Waals surface area contributed by atoms with Crippen molar-refractivity contribution in [3.8, 4) is 0 Å². The Morgan fingerprint density at radius 1 is 1.41 bits per heavy atom. The summed E-state index contributed by atoms with van der Waals surface area (Å²) in [4.78, 5) is 4.68. The van der Waals surface area contributed by atoms with Crippen molar-refractivity contribution >= 4 is 38.5 Å². The molecule has 2 rings (SSSR count). The van der Waals surface area contributed by atoms with E-state index in [1.807, 2.05) is 17.8 Å². The Kier molecular flexibility index (Phi) is 4.15. The first-order chi connectivity index (χ1) is 8.08. The van der Waals surface area contributed by atoms with Crippen LogP contribution in [0, 0.1) is 12.8 Å². The summed E-state index contributed by atoms with van der Waals surface area (Å²) >= 11 is 5.35. The maximum absolute atomic E-state index is 4.68. The number of benzene rings is 1. The second-order valence-electron chi connectivity index (χ2n) is 4.50. The van der Waals surface area contributed by atoms with E-state index in [9.17, 15) is 0 Å². The van der Waals surface area contributed by atoms with E-state index in [2.05, 4.69) is 59.1 Å². The molecule has 1 aliphatic rings. The van der Waals surface area contributed by atoms with Gasteiger partial charge in [-0.15, -0.1) is 0 Å². The molecule has 0 spiro atoms. The van der Waals surface area contributed by atoms with Gasteiger partial charge in [-0.25, -0.2) is 0 Å². The molecule has 0 bridgehead atoms. The van der Waals surface area contributed by atoms with E-state index in [0.29, 0.717) is 12.0 Å². The third kappa shape index (κ3) is 3.05. The van der Waals surface area contributed by atoms with E-state index in [1.54, 1.807) is 0 Å². The molecule has 1 aromatic carbocycles. The molecule has 0 fully saturated rings. The molecule has 17 heavy (non-hydrogen) atoms. The molecule has 0 saturated heterocycles. The highest BCUT2D eigenvalue weighted by Crippen LogP contribution is 2.27. The molecule has 2 unspecified atom stereocenters. The van der Waals surface area contributed by atoms with Gasteiger partial charge in [0.2, 0.25) is 0 Å². The summed E-state index contributed by atoms with van der Waals surface area (Å²) in [5, 5.41) is 4.46. The first kappa shape index (κ1) is 13.0. The molecule has 2 nitrogen and oxygen atoms in total. The van der Waals surface area contributed by atoms with Gasteiger partial charge in [0.15, 0.2) is 5.17 Å². The fourth-order valence-electron chi connectivity index (χ4n) is 1.63. The van der Waals surface area contributed by atoms with Gasteiger partial charge in [-0.2, -0.15) is 0 Å². The van der Waals surface area contributed by atoms with Crippen molar-refractivity contribution < 1.29 is 0 Å². The van der Waals surface area contributed by atoms with Gasteiger partial charge in [-0.3, -0.25) is 4.99 Å². The molecule has 2 atom stereocenters. The quantitative estimate of drug-likeness (QED) is 0.836. The van der Waals surface area contributed by atoms with Crippen LogP contribution in [-0.4, -0.2) is 17.0 Å². The van der Waals surface area contributed by atoms with Crippen LogP contribution in [0.5, 0.6) is 0 Å². The topological polar surface area (TPSA) is 24.4 Å². The summed E-state index contributed by atoms with van der Waals surface area (Å²) < 4.78 is 1.13. The minimum atomic E-state index is 0.409. The summed E-state index contributed by atoms with van der Waals surface area (Å²) in [5.41, 5.74) is 2.36. The molecule has 4 heteroatoms. The molecule has 0 radical (unpaired) electrons. The number of rotatable bonds is 1. The summed E-state index contributed by atoms with van der Waals surface area (Å²) in [5.74, 6) is 1.80. The number of nitrogens with zero attached hydrogens (tertiary/aromatic N) is 1. The van der Waals surface area contributed by atoms with Crippen molar-refractivity contribution in [1.82, 2.24) is 0 Å². The van der Waals surface area contributed by atoms with Gasteiger partial charge in [0.25, 0.3) is 0 Å². The van der Waals surface area contributed by atoms with E-state index in [1.165, 1.54) is 5.56 Å². The van der Waals surface area contributed by atoms with Crippen LogP contribution in [0.15, 0.2) is 27.7 Å². The lowest BCUT2D eigenvalue weighted by Crippen LogP contribution is -2.25. The summed E-state index contributed by atoms with van der Waals surface area (Å²) in [7, 11) is 0. The molecular formula is C13H17BrN2S. The van der Waals surface area contributed by atoms with Gasteiger partial charge >= 0.3 is 0 Å². The van der Waals surface area contributed by atoms with Gasteiger partial charge in [-0.05, 0) is 37.5 Å². The van der Waals surface area contributed by atoms with Crippen LogP contribution in [0.2, 0.25) is 0 Å². The zero-order chi connectivity index (χ0) is 12.4. The maximum Gasteiger partial charge on any atom is 0.161 e. The third-order valence-electron chi connectivity index (χ3n) is 3.14. The lowest BCUT2D eigenvalue weighted by Gasteiger charge is -2.24. The van der Waals surface area contributed by atoms with E-state index in [0.717, 1.165) is 21.1 Å². The molecule has 1 aromatic rings. The largest absolute Gasteiger partial charge is 0.335 e. The molecule has 1 N–H and O–H groups in total. The number of thioether (sulfide) groups is 1.